The second-order valence-electron chi connectivity index (χ2n) is 4.76. The van der Waals surface area contributed by atoms with Crippen LogP contribution in [0.5, 0.6) is 11.5 Å². The second kappa shape index (κ2) is 7.18. The van der Waals surface area contributed by atoms with Crippen LogP contribution in [0, 0.1) is 13.8 Å². The predicted molar refractivity (Wildman–Crippen MR) is 85.3 cm³/mol. The van der Waals surface area contributed by atoms with Gasteiger partial charge in [-0.1, -0.05) is 6.07 Å². The molecule has 0 fully saturated rings. The number of carbonyl (C=O) groups excluding carboxylic acids is 1. The minimum atomic E-state index is -0.249. The molecular weight excluding hydrogens is 284 g/mol. The molecule has 2 aromatic carbocycles. The van der Waals surface area contributed by atoms with E-state index in [-0.39, 0.29) is 11.7 Å². The lowest BCUT2D eigenvalue weighted by Crippen LogP contribution is -2.10. The molecule has 0 amide bonds. The first kappa shape index (κ1) is 15.4. The Kier molecular flexibility index (Phi) is 5.28. The molecule has 21 heavy (non-hydrogen) atoms. The van der Waals surface area contributed by atoms with Crippen LogP contribution >= 0.6 is 11.8 Å². The summed E-state index contributed by atoms with van der Waals surface area (Å²) in [6.07, 6.45) is 0. The molecule has 0 aliphatic carbocycles. The van der Waals surface area contributed by atoms with E-state index in [1.54, 1.807) is 7.11 Å². The highest BCUT2D eigenvalue weighted by Crippen LogP contribution is 2.22. The van der Waals surface area contributed by atoms with E-state index in [2.05, 4.69) is 0 Å². The molecular formula is C17H18O3S. The van der Waals surface area contributed by atoms with Gasteiger partial charge in [0.2, 0.25) is 0 Å². The molecule has 110 valence electrons. The van der Waals surface area contributed by atoms with Gasteiger partial charge in [0.05, 0.1) is 12.9 Å². The van der Waals surface area contributed by atoms with Crippen molar-refractivity contribution in [2.45, 2.75) is 18.7 Å². The number of benzene rings is 2. The number of carbonyl (C=O) groups is 1. The molecule has 0 radical (unpaired) electrons. The van der Waals surface area contributed by atoms with E-state index in [0.717, 1.165) is 21.8 Å². The smallest absolute Gasteiger partial charge is 0.321 e. The average Bonchev–Trinajstić information content (AvgIpc) is 2.44. The first-order chi connectivity index (χ1) is 10.1. The van der Waals surface area contributed by atoms with E-state index in [1.165, 1.54) is 11.8 Å². The van der Waals surface area contributed by atoms with Crippen LogP contribution in [0.2, 0.25) is 0 Å². The Morgan fingerprint density at radius 2 is 1.62 bits per heavy atom. The molecule has 2 rings (SSSR count). The summed E-state index contributed by atoms with van der Waals surface area (Å²) in [5.74, 6) is 1.44. The van der Waals surface area contributed by atoms with Crippen LogP contribution in [0.25, 0.3) is 0 Å². The standard InChI is InChI=1S/C17H18O3S/c1-12-8-13(2)10-15(9-12)20-17(18)11-21-16-6-4-14(19-3)5-7-16/h4-10H,11H2,1-3H3. The Bertz CT molecular complexity index is 600. The van der Waals surface area contributed by atoms with E-state index >= 15 is 0 Å². The topological polar surface area (TPSA) is 35.5 Å². The fraction of sp³-hybridized carbons (Fsp3) is 0.235. The number of thioether (sulfide) groups is 1. The Labute approximate surface area is 129 Å². The molecule has 0 saturated heterocycles. The molecule has 0 aromatic heterocycles. The molecule has 0 aliphatic rings. The van der Waals surface area contributed by atoms with Crippen LogP contribution in [0.1, 0.15) is 11.1 Å². The SMILES string of the molecule is COc1ccc(SCC(=O)Oc2cc(C)cc(C)c2)cc1. The number of hydrogen-bond acceptors (Lipinski definition) is 4. The van der Waals surface area contributed by atoms with E-state index in [1.807, 2.05) is 56.3 Å². The van der Waals surface area contributed by atoms with Gasteiger partial charge in [-0.2, -0.15) is 0 Å². The maximum absolute atomic E-state index is 11.9. The number of ether oxygens (including phenoxy) is 2. The van der Waals surface area contributed by atoms with E-state index < -0.39 is 0 Å². The van der Waals surface area contributed by atoms with Gasteiger partial charge >= 0.3 is 5.97 Å². The van der Waals surface area contributed by atoms with Crippen molar-refractivity contribution in [2.75, 3.05) is 12.9 Å². The quantitative estimate of drug-likeness (QED) is 0.475. The fourth-order valence-corrected chi connectivity index (χ4v) is 2.64. The summed E-state index contributed by atoms with van der Waals surface area (Å²) in [6, 6.07) is 13.4. The van der Waals surface area contributed by atoms with E-state index in [0.29, 0.717) is 5.75 Å². The molecule has 0 unspecified atom stereocenters. The van der Waals surface area contributed by atoms with Crippen molar-refractivity contribution >= 4 is 17.7 Å². The second-order valence-corrected chi connectivity index (χ2v) is 5.81. The third kappa shape index (κ3) is 4.83. The van der Waals surface area contributed by atoms with Crippen molar-refractivity contribution in [3.05, 3.63) is 53.6 Å². The fourth-order valence-electron chi connectivity index (χ4n) is 1.97. The minimum Gasteiger partial charge on any atom is -0.497 e. The van der Waals surface area contributed by atoms with Gasteiger partial charge in [-0.15, -0.1) is 11.8 Å². The number of esters is 1. The lowest BCUT2D eigenvalue weighted by Gasteiger charge is -2.07. The van der Waals surface area contributed by atoms with Crippen LogP contribution in [-0.4, -0.2) is 18.8 Å². The largest absolute Gasteiger partial charge is 0.497 e. The number of rotatable bonds is 5. The zero-order valence-electron chi connectivity index (χ0n) is 12.4. The van der Waals surface area contributed by atoms with Crippen molar-refractivity contribution in [2.24, 2.45) is 0 Å². The van der Waals surface area contributed by atoms with Crippen molar-refractivity contribution in [1.82, 2.24) is 0 Å². The first-order valence-corrected chi connectivity index (χ1v) is 7.61. The molecule has 2 aromatic rings. The summed E-state index contributed by atoms with van der Waals surface area (Å²) in [4.78, 5) is 12.9. The third-order valence-corrected chi connectivity index (χ3v) is 3.83. The average molecular weight is 302 g/mol. The minimum absolute atomic E-state index is 0.249. The monoisotopic (exact) mass is 302 g/mol. The highest BCUT2D eigenvalue weighted by atomic mass is 32.2. The highest BCUT2D eigenvalue weighted by Gasteiger charge is 2.07. The third-order valence-electron chi connectivity index (χ3n) is 2.84. The first-order valence-electron chi connectivity index (χ1n) is 6.62. The molecule has 0 heterocycles. The van der Waals surface area contributed by atoms with Crippen molar-refractivity contribution in [3.63, 3.8) is 0 Å². The summed E-state index contributed by atoms with van der Waals surface area (Å²) in [6.45, 7) is 3.97. The van der Waals surface area contributed by atoms with E-state index in [9.17, 15) is 4.79 Å². The van der Waals surface area contributed by atoms with E-state index in [4.69, 9.17) is 9.47 Å². The van der Waals surface area contributed by atoms with Gasteiger partial charge in [0.25, 0.3) is 0 Å². The number of hydrogen-bond donors (Lipinski definition) is 0. The molecule has 0 N–H and O–H groups in total. The van der Waals surface area contributed by atoms with Crippen molar-refractivity contribution < 1.29 is 14.3 Å². The number of methoxy groups -OCH3 is 1. The molecule has 0 atom stereocenters. The molecule has 0 saturated carbocycles. The van der Waals surface area contributed by atoms with Gasteiger partial charge in [0, 0.05) is 4.90 Å². The maximum atomic E-state index is 11.9. The predicted octanol–water partition coefficient (Wildman–Crippen LogP) is 4.01. The van der Waals surface area contributed by atoms with Crippen LogP contribution < -0.4 is 9.47 Å². The highest BCUT2D eigenvalue weighted by molar-refractivity contribution is 8.00. The molecule has 3 nitrogen and oxygen atoms in total. The Balaban J connectivity index is 1.89. The van der Waals surface area contributed by atoms with Crippen molar-refractivity contribution in [3.8, 4) is 11.5 Å². The molecule has 0 aliphatic heterocycles. The van der Waals surface area contributed by atoms with Gasteiger partial charge in [-0.3, -0.25) is 4.79 Å². The Hall–Kier alpha value is -1.94. The summed E-state index contributed by atoms with van der Waals surface area (Å²) < 4.78 is 10.5. The summed E-state index contributed by atoms with van der Waals surface area (Å²) in [7, 11) is 1.63. The van der Waals surface area contributed by atoms with Gasteiger partial charge in [-0.05, 0) is 61.4 Å². The van der Waals surface area contributed by atoms with Gasteiger partial charge < -0.3 is 9.47 Å². The summed E-state index contributed by atoms with van der Waals surface area (Å²) >= 11 is 1.45. The number of aryl methyl sites for hydroxylation is 2. The Morgan fingerprint density at radius 1 is 1.00 bits per heavy atom. The van der Waals surface area contributed by atoms with Gasteiger partial charge in [0.1, 0.15) is 11.5 Å². The maximum Gasteiger partial charge on any atom is 0.321 e. The lowest BCUT2D eigenvalue weighted by molar-refractivity contribution is -0.131. The normalized spacial score (nSPS) is 10.2. The zero-order valence-corrected chi connectivity index (χ0v) is 13.2. The zero-order chi connectivity index (χ0) is 15.2. The van der Waals surface area contributed by atoms with Crippen molar-refractivity contribution in [1.29, 1.82) is 0 Å². The molecule has 4 heteroatoms. The van der Waals surface area contributed by atoms with Gasteiger partial charge in [0.15, 0.2) is 0 Å². The summed E-state index contributed by atoms with van der Waals surface area (Å²) in [5, 5.41) is 0. The van der Waals surface area contributed by atoms with Crippen LogP contribution in [0.15, 0.2) is 47.4 Å². The van der Waals surface area contributed by atoms with Crippen LogP contribution in [-0.2, 0) is 4.79 Å². The lowest BCUT2D eigenvalue weighted by atomic mass is 10.1. The molecule has 0 bridgehead atoms. The van der Waals surface area contributed by atoms with Crippen LogP contribution in [0.4, 0.5) is 0 Å². The summed E-state index contributed by atoms with van der Waals surface area (Å²) in [5.41, 5.74) is 2.17. The Morgan fingerprint density at radius 3 is 2.19 bits per heavy atom. The van der Waals surface area contributed by atoms with Crippen LogP contribution in [0.3, 0.4) is 0 Å². The molecule has 0 spiro atoms. The van der Waals surface area contributed by atoms with Gasteiger partial charge in [-0.25, -0.2) is 0 Å².